The zero-order valence-corrected chi connectivity index (χ0v) is 11.6. The van der Waals surface area contributed by atoms with E-state index in [1.807, 2.05) is 0 Å². The quantitative estimate of drug-likeness (QED) is 0.645. The Labute approximate surface area is 101 Å². The highest BCUT2D eigenvalue weighted by molar-refractivity contribution is 4.76. The van der Waals surface area contributed by atoms with Gasteiger partial charge >= 0.3 is 0 Å². The summed E-state index contributed by atoms with van der Waals surface area (Å²) in [6.07, 6.45) is 5.38. The summed E-state index contributed by atoms with van der Waals surface area (Å²) in [5.41, 5.74) is 0.0234. The fourth-order valence-corrected chi connectivity index (χ4v) is 2.21. The standard InChI is InChI=1S/C14H29NO/c1-5-6-7-9-15-10-8-13(11-15)12-16-14(2,3)4/h13H,5-12H2,1-4H3. The molecule has 1 atom stereocenters. The Morgan fingerprint density at radius 1 is 1.25 bits per heavy atom. The molecule has 0 amide bonds. The van der Waals surface area contributed by atoms with Crippen LogP contribution >= 0.6 is 0 Å². The lowest BCUT2D eigenvalue weighted by molar-refractivity contribution is -0.0205. The predicted molar refractivity (Wildman–Crippen MR) is 69.8 cm³/mol. The predicted octanol–water partition coefficient (Wildman–Crippen LogP) is 3.31. The van der Waals surface area contributed by atoms with Crippen molar-refractivity contribution in [1.29, 1.82) is 0 Å². The van der Waals surface area contributed by atoms with Crippen LogP contribution in [0, 0.1) is 5.92 Å². The monoisotopic (exact) mass is 227 g/mol. The highest BCUT2D eigenvalue weighted by Gasteiger charge is 2.23. The topological polar surface area (TPSA) is 12.5 Å². The lowest BCUT2D eigenvalue weighted by atomic mass is 10.1. The number of ether oxygens (including phenoxy) is 1. The molecule has 96 valence electrons. The summed E-state index contributed by atoms with van der Waals surface area (Å²) < 4.78 is 5.86. The van der Waals surface area contributed by atoms with E-state index in [9.17, 15) is 0 Å². The van der Waals surface area contributed by atoms with E-state index in [1.165, 1.54) is 45.3 Å². The van der Waals surface area contributed by atoms with Crippen molar-refractivity contribution in [1.82, 2.24) is 4.90 Å². The fraction of sp³-hybridized carbons (Fsp3) is 1.00. The van der Waals surface area contributed by atoms with Crippen LogP contribution in [0.3, 0.4) is 0 Å². The summed E-state index contributed by atoms with van der Waals surface area (Å²) in [5, 5.41) is 0. The molecular formula is C14H29NO. The molecule has 0 aliphatic carbocycles. The summed E-state index contributed by atoms with van der Waals surface area (Å²) in [5.74, 6) is 0.765. The van der Waals surface area contributed by atoms with Crippen LogP contribution in [0.5, 0.6) is 0 Å². The Bertz CT molecular complexity index is 186. The molecule has 1 heterocycles. The Morgan fingerprint density at radius 3 is 2.62 bits per heavy atom. The second kappa shape index (κ2) is 6.61. The molecule has 1 saturated heterocycles. The highest BCUT2D eigenvalue weighted by atomic mass is 16.5. The van der Waals surface area contributed by atoms with Gasteiger partial charge in [-0.3, -0.25) is 0 Å². The zero-order valence-electron chi connectivity index (χ0n) is 11.6. The van der Waals surface area contributed by atoms with Gasteiger partial charge in [-0.1, -0.05) is 19.8 Å². The molecule has 0 spiro atoms. The van der Waals surface area contributed by atoms with Crippen molar-refractivity contribution in [3.05, 3.63) is 0 Å². The van der Waals surface area contributed by atoms with Gasteiger partial charge in [0.05, 0.1) is 12.2 Å². The van der Waals surface area contributed by atoms with E-state index < -0.39 is 0 Å². The van der Waals surface area contributed by atoms with Crippen LogP contribution in [-0.2, 0) is 4.74 Å². The van der Waals surface area contributed by atoms with Crippen LogP contribution in [0.1, 0.15) is 53.4 Å². The summed E-state index contributed by atoms with van der Waals surface area (Å²) in [6, 6.07) is 0. The second-order valence-electron chi connectivity index (χ2n) is 6.09. The minimum Gasteiger partial charge on any atom is -0.376 e. The minimum absolute atomic E-state index is 0.0234. The van der Waals surface area contributed by atoms with Gasteiger partial charge in [0.15, 0.2) is 0 Å². The molecule has 0 bridgehead atoms. The molecule has 0 saturated carbocycles. The third kappa shape index (κ3) is 5.86. The molecule has 0 aromatic heterocycles. The first-order chi connectivity index (χ1) is 7.51. The number of nitrogens with zero attached hydrogens (tertiary/aromatic N) is 1. The summed E-state index contributed by atoms with van der Waals surface area (Å²) in [6.45, 7) is 13.4. The number of unbranched alkanes of at least 4 members (excludes halogenated alkanes) is 2. The van der Waals surface area contributed by atoms with Gasteiger partial charge in [-0.15, -0.1) is 0 Å². The maximum Gasteiger partial charge on any atom is 0.0598 e. The average molecular weight is 227 g/mol. The molecule has 0 radical (unpaired) electrons. The van der Waals surface area contributed by atoms with Crippen LogP contribution in [0.2, 0.25) is 0 Å². The largest absolute Gasteiger partial charge is 0.376 e. The average Bonchev–Trinajstić information content (AvgIpc) is 2.62. The molecule has 16 heavy (non-hydrogen) atoms. The lowest BCUT2D eigenvalue weighted by Gasteiger charge is -2.22. The van der Waals surface area contributed by atoms with Crippen molar-refractivity contribution in [3.8, 4) is 0 Å². The lowest BCUT2D eigenvalue weighted by Crippen LogP contribution is -2.26. The molecule has 1 unspecified atom stereocenters. The summed E-state index contributed by atoms with van der Waals surface area (Å²) >= 11 is 0. The molecule has 2 heteroatoms. The van der Waals surface area contributed by atoms with Crippen LogP contribution in [0.25, 0.3) is 0 Å². The molecule has 0 N–H and O–H groups in total. The number of hydrogen-bond donors (Lipinski definition) is 0. The van der Waals surface area contributed by atoms with Crippen LogP contribution in [0.4, 0.5) is 0 Å². The normalized spacial score (nSPS) is 22.9. The molecule has 0 aromatic rings. The summed E-state index contributed by atoms with van der Waals surface area (Å²) in [7, 11) is 0. The SMILES string of the molecule is CCCCCN1CCC(COC(C)(C)C)C1. The van der Waals surface area contributed by atoms with Crippen molar-refractivity contribution in [2.45, 2.75) is 59.0 Å². The van der Waals surface area contributed by atoms with Gasteiger partial charge in [0, 0.05) is 6.54 Å². The van der Waals surface area contributed by atoms with Gasteiger partial charge < -0.3 is 9.64 Å². The van der Waals surface area contributed by atoms with E-state index in [1.54, 1.807) is 0 Å². The Morgan fingerprint density at radius 2 is 2.00 bits per heavy atom. The Hall–Kier alpha value is -0.0800. The van der Waals surface area contributed by atoms with E-state index in [4.69, 9.17) is 4.74 Å². The molecule has 1 rings (SSSR count). The first kappa shape index (κ1) is 14.0. The van der Waals surface area contributed by atoms with E-state index in [2.05, 4.69) is 32.6 Å². The van der Waals surface area contributed by atoms with Gasteiger partial charge in [-0.25, -0.2) is 0 Å². The first-order valence-corrected chi connectivity index (χ1v) is 6.87. The maximum atomic E-state index is 5.86. The maximum absolute atomic E-state index is 5.86. The van der Waals surface area contributed by atoms with Crippen molar-refractivity contribution in [2.75, 3.05) is 26.2 Å². The second-order valence-corrected chi connectivity index (χ2v) is 6.09. The molecular weight excluding hydrogens is 198 g/mol. The molecule has 0 aromatic carbocycles. The fourth-order valence-electron chi connectivity index (χ4n) is 2.21. The number of likely N-dealkylation sites (tertiary alicyclic amines) is 1. The van der Waals surface area contributed by atoms with E-state index in [-0.39, 0.29) is 5.60 Å². The molecule has 1 aliphatic rings. The minimum atomic E-state index is 0.0234. The third-order valence-electron chi connectivity index (χ3n) is 3.20. The molecule has 1 fully saturated rings. The van der Waals surface area contributed by atoms with Gasteiger partial charge in [0.2, 0.25) is 0 Å². The van der Waals surface area contributed by atoms with Crippen molar-refractivity contribution < 1.29 is 4.74 Å². The van der Waals surface area contributed by atoms with Gasteiger partial charge in [-0.2, -0.15) is 0 Å². The van der Waals surface area contributed by atoms with E-state index in [0.717, 1.165) is 12.5 Å². The number of rotatable bonds is 6. The van der Waals surface area contributed by atoms with Crippen LogP contribution in [0.15, 0.2) is 0 Å². The van der Waals surface area contributed by atoms with Crippen LogP contribution < -0.4 is 0 Å². The van der Waals surface area contributed by atoms with Gasteiger partial charge in [0.1, 0.15) is 0 Å². The van der Waals surface area contributed by atoms with Gasteiger partial charge in [-0.05, 0) is 52.6 Å². The zero-order chi connectivity index (χ0) is 12.0. The van der Waals surface area contributed by atoms with Gasteiger partial charge in [0.25, 0.3) is 0 Å². The Balaban J connectivity index is 2.10. The Kier molecular flexibility index (Phi) is 5.77. The highest BCUT2D eigenvalue weighted by Crippen LogP contribution is 2.19. The van der Waals surface area contributed by atoms with Crippen molar-refractivity contribution in [3.63, 3.8) is 0 Å². The third-order valence-corrected chi connectivity index (χ3v) is 3.20. The van der Waals surface area contributed by atoms with E-state index >= 15 is 0 Å². The molecule has 2 nitrogen and oxygen atoms in total. The number of hydrogen-bond acceptors (Lipinski definition) is 2. The first-order valence-electron chi connectivity index (χ1n) is 6.87. The smallest absolute Gasteiger partial charge is 0.0598 e. The molecule has 1 aliphatic heterocycles. The van der Waals surface area contributed by atoms with Crippen molar-refractivity contribution >= 4 is 0 Å². The van der Waals surface area contributed by atoms with Crippen molar-refractivity contribution in [2.24, 2.45) is 5.92 Å². The van der Waals surface area contributed by atoms with Crippen LogP contribution in [-0.4, -0.2) is 36.7 Å². The summed E-state index contributed by atoms with van der Waals surface area (Å²) in [4.78, 5) is 2.60. The van der Waals surface area contributed by atoms with E-state index in [0.29, 0.717) is 0 Å².